The van der Waals surface area contributed by atoms with Crippen LogP contribution in [0.15, 0.2) is 12.1 Å². The molecule has 0 saturated carbocycles. The number of alkyl halides is 3. The molecule has 0 radical (unpaired) electrons. The Labute approximate surface area is 86.5 Å². The zero-order chi connectivity index (χ0) is 11.9. The standard InChI is InChI=1S/C8H4F3NO4/c9-8(10,11)4-1-6-7(16-3-15-6)2-5(4)12(13)14/h1-2H,3H2. The van der Waals surface area contributed by atoms with Crippen molar-refractivity contribution in [1.29, 1.82) is 0 Å². The molecule has 2 rings (SSSR count). The smallest absolute Gasteiger partial charge is 0.423 e. The third-order valence-electron chi connectivity index (χ3n) is 1.99. The van der Waals surface area contributed by atoms with Crippen LogP contribution in [0.1, 0.15) is 5.56 Å². The first-order chi connectivity index (χ1) is 7.39. The fraction of sp³-hybridized carbons (Fsp3) is 0.250. The van der Waals surface area contributed by atoms with E-state index in [2.05, 4.69) is 0 Å². The van der Waals surface area contributed by atoms with Crippen molar-refractivity contribution in [3.8, 4) is 11.5 Å². The Morgan fingerprint density at radius 2 is 1.81 bits per heavy atom. The van der Waals surface area contributed by atoms with Gasteiger partial charge in [-0.05, 0) is 0 Å². The summed E-state index contributed by atoms with van der Waals surface area (Å²) >= 11 is 0. The summed E-state index contributed by atoms with van der Waals surface area (Å²) in [7, 11) is 0. The largest absolute Gasteiger partial charge is 0.454 e. The first-order valence-corrected chi connectivity index (χ1v) is 4.05. The number of ether oxygens (including phenoxy) is 2. The van der Waals surface area contributed by atoms with E-state index in [1.807, 2.05) is 0 Å². The topological polar surface area (TPSA) is 61.6 Å². The number of halogens is 3. The van der Waals surface area contributed by atoms with Crippen molar-refractivity contribution in [2.75, 3.05) is 6.79 Å². The summed E-state index contributed by atoms with van der Waals surface area (Å²) < 4.78 is 46.9. The normalized spacial score (nSPS) is 13.9. The van der Waals surface area contributed by atoms with E-state index in [4.69, 9.17) is 9.47 Å². The molecule has 0 amide bonds. The summed E-state index contributed by atoms with van der Waals surface area (Å²) in [5, 5.41) is 10.5. The van der Waals surface area contributed by atoms with Crippen LogP contribution in [0, 0.1) is 10.1 Å². The maximum Gasteiger partial charge on any atom is 0.423 e. The lowest BCUT2D eigenvalue weighted by Gasteiger charge is -2.07. The van der Waals surface area contributed by atoms with Gasteiger partial charge in [-0.25, -0.2) is 0 Å². The van der Waals surface area contributed by atoms with Gasteiger partial charge in [0.15, 0.2) is 11.5 Å². The highest BCUT2D eigenvalue weighted by atomic mass is 19.4. The Hall–Kier alpha value is -1.99. The molecule has 8 heteroatoms. The van der Waals surface area contributed by atoms with Gasteiger partial charge in [0.25, 0.3) is 5.69 Å². The summed E-state index contributed by atoms with van der Waals surface area (Å²) in [5.74, 6) is -0.197. The summed E-state index contributed by atoms with van der Waals surface area (Å²) in [5.41, 5.74) is -2.39. The third-order valence-corrected chi connectivity index (χ3v) is 1.99. The van der Waals surface area contributed by atoms with Crippen LogP contribution in [0.2, 0.25) is 0 Å². The molecule has 1 aromatic carbocycles. The molecule has 1 aromatic rings. The highest BCUT2D eigenvalue weighted by molar-refractivity contribution is 5.56. The number of hydrogen-bond donors (Lipinski definition) is 0. The Bertz CT molecular complexity index is 457. The van der Waals surface area contributed by atoms with Crippen LogP contribution < -0.4 is 9.47 Å². The van der Waals surface area contributed by atoms with Crippen LogP contribution in [0.4, 0.5) is 18.9 Å². The van der Waals surface area contributed by atoms with Gasteiger partial charge in [-0.1, -0.05) is 0 Å². The molecular formula is C8H4F3NO4. The van der Waals surface area contributed by atoms with Gasteiger partial charge >= 0.3 is 6.18 Å². The lowest BCUT2D eigenvalue weighted by molar-refractivity contribution is -0.388. The predicted molar refractivity (Wildman–Crippen MR) is 44.2 cm³/mol. The van der Waals surface area contributed by atoms with Gasteiger partial charge in [0.2, 0.25) is 6.79 Å². The van der Waals surface area contributed by atoms with Crippen LogP contribution in [-0.4, -0.2) is 11.7 Å². The fourth-order valence-corrected chi connectivity index (χ4v) is 1.31. The van der Waals surface area contributed by atoms with E-state index in [1.165, 1.54) is 0 Å². The van der Waals surface area contributed by atoms with Gasteiger partial charge in [0.1, 0.15) is 5.56 Å². The highest BCUT2D eigenvalue weighted by Crippen LogP contribution is 2.44. The molecule has 0 saturated heterocycles. The molecule has 1 heterocycles. The van der Waals surface area contributed by atoms with E-state index < -0.39 is 22.4 Å². The summed E-state index contributed by atoms with van der Waals surface area (Å²) in [4.78, 5) is 9.37. The van der Waals surface area contributed by atoms with E-state index in [-0.39, 0.29) is 18.3 Å². The summed E-state index contributed by atoms with van der Waals surface area (Å²) in [6, 6.07) is 1.28. The maximum atomic E-state index is 12.5. The van der Waals surface area contributed by atoms with Crippen molar-refractivity contribution in [1.82, 2.24) is 0 Å². The molecule has 0 bridgehead atoms. The molecule has 0 aliphatic carbocycles. The molecule has 0 N–H and O–H groups in total. The highest BCUT2D eigenvalue weighted by Gasteiger charge is 2.40. The van der Waals surface area contributed by atoms with E-state index in [0.29, 0.717) is 12.1 Å². The number of nitrogens with zero attached hydrogens (tertiary/aromatic N) is 1. The Morgan fingerprint density at radius 3 is 2.31 bits per heavy atom. The molecular weight excluding hydrogens is 231 g/mol. The average Bonchev–Trinajstić information content (AvgIpc) is 2.60. The van der Waals surface area contributed by atoms with Crippen LogP contribution in [0.5, 0.6) is 11.5 Å². The van der Waals surface area contributed by atoms with Gasteiger partial charge in [-0.15, -0.1) is 0 Å². The molecule has 0 spiro atoms. The van der Waals surface area contributed by atoms with Crippen molar-refractivity contribution >= 4 is 5.69 Å². The quantitative estimate of drug-likeness (QED) is 0.553. The van der Waals surface area contributed by atoms with Crippen molar-refractivity contribution in [2.45, 2.75) is 6.18 Å². The third kappa shape index (κ3) is 1.62. The zero-order valence-corrected chi connectivity index (χ0v) is 7.58. The number of fused-ring (bicyclic) bond motifs is 1. The fourth-order valence-electron chi connectivity index (χ4n) is 1.31. The first kappa shape index (κ1) is 10.5. The molecule has 1 aliphatic rings. The van der Waals surface area contributed by atoms with E-state index >= 15 is 0 Å². The Balaban J connectivity index is 2.62. The van der Waals surface area contributed by atoms with Crippen LogP contribution in [0.25, 0.3) is 0 Å². The second-order valence-corrected chi connectivity index (χ2v) is 2.98. The maximum absolute atomic E-state index is 12.5. The molecule has 0 unspecified atom stereocenters. The van der Waals surface area contributed by atoms with Crippen molar-refractivity contribution in [3.63, 3.8) is 0 Å². The van der Waals surface area contributed by atoms with E-state index in [0.717, 1.165) is 0 Å². The molecule has 5 nitrogen and oxygen atoms in total. The second kappa shape index (κ2) is 3.26. The van der Waals surface area contributed by atoms with Crippen LogP contribution >= 0.6 is 0 Å². The predicted octanol–water partition coefficient (Wildman–Crippen LogP) is 2.34. The molecule has 86 valence electrons. The minimum atomic E-state index is -4.80. The number of nitro groups is 1. The number of rotatable bonds is 1. The monoisotopic (exact) mass is 235 g/mol. The number of nitro benzene ring substituents is 1. The summed E-state index contributed by atoms with van der Waals surface area (Å²) in [6.07, 6.45) is -4.80. The second-order valence-electron chi connectivity index (χ2n) is 2.98. The van der Waals surface area contributed by atoms with Crippen molar-refractivity contribution < 1.29 is 27.6 Å². The molecule has 1 aliphatic heterocycles. The molecule has 0 fully saturated rings. The minimum Gasteiger partial charge on any atom is -0.454 e. The SMILES string of the molecule is O=[N+]([O-])c1cc2c(cc1C(F)(F)F)OCO2. The van der Waals surface area contributed by atoms with Gasteiger partial charge < -0.3 is 9.47 Å². The van der Waals surface area contributed by atoms with Gasteiger partial charge in [-0.3, -0.25) is 10.1 Å². The Morgan fingerprint density at radius 1 is 1.25 bits per heavy atom. The van der Waals surface area contributed by atoms with E-state index in [9.17, 15) is 23.3 Å². The lowest BCUT2D eigenvalue weighted by atomic mass is 10.1. The minimum absolute atomic E-state index is 0.0558. The van der Waals surface area contributed by atoms with Gasteiger partial charge in [0, 0.05) is 6.07 Å². The number of hydrogen-bond acceptors (Lipinski definition) is 4. The van der Waals surface area contributed by atoms with Gasteiger partial charge in [-0.2, -0.15) is 13.2 Å². The number of benzene rings is 1. The van der Waals surface area contributed by atoms with Gasteiger partial charge in [0.05, 0.1) is 11.0 Å². The van der Waals surface area contributed by atoms with Crippen LogP contribution in [-0.2, 0) is 6.18 Å². The van der Waals surface area contributed by atoms with E-state index in [1.54, 1.807) is 0 Å². The lowest BCUT2D eigenvalue weighted by Crippen LogP contribution is -2.08. The van der Waals surface area contributed by atoms with Crippen molar-refractivity contribution in [3.05, 3.63) is 27.8 Å². The van der Waals surface area contributed by atoms with Crippen molar-refractivity contribution in [2.24, 2.45) is 0 Å². The molecule has 0 aromatic heterocycles. The van der Waals surface area contributed by atoms with Crippen LogP contribution in [0.3, 0.4) is 0 Å². The first-order valence-electron chi connectivity index (χ1n) is 4.05. The zero-order valence-electron chi connectivity index (χ0n) is 7.58. The summed E-state index contributed by atoms with van der Waals surface area (Å²) in [6.45, 7) is -0.242. The molecule has 0 atom stereocenters. The average molecular weight is 235 g/mol. The molecule has 16 heavy (non-hydrogen) atoms. The Kier molecular flexibility index (Phi) is 2.14.